The smallest absolute Gasteiger partial charge is 0.410 e. The number of carbonyl (C=O) groups excluding carboxylic acids is 2. The first-order valence-corrected chi connectivity index (χ1v) is 12.4. The lowest BCUT2D eigenvalue weighted by atomic mass is 9.99. The number of benzene rings is 2. The molecular formula is C29H38N2O5. The fourth-order valence-corrected chi connectivity index (χ4v) is 4.07. The summed E-state index contributed by atoms with van der Waals surface area (Å²) >= 11 is 0. The molecule has 2 aromatic rings. The van der Waals surface area contributed by atoms with Crippen molar-refractivity contribution in [1.29, 1.82) is 0 Å². The number of carbonyl (C=O) groups is 2. The zero-order valence-corrected chi connectivity index (χ0v) is 21.8. The van der Waals surface area contributed by atoms with E-state index in [2.05, 4.69) is 6.58 Å². The second-order valence-corrected chi connectivity index (χ2v) is 10.2. The molecule has 2 amide bonds. The van der Waals surface area contributed by atoms with Crippen LogP contribution >= 0.6 is 0 Å². The van der Waals surface area contributed by atoms with Gasteiger partial charge >= 0.3 is 12.2 Å². The topological polar surface area (TPSA) is 68.3 Å². The number of nitrogens with zero attached hydrogens (tertiary/aromatic N) is 2. The van der Waals surface area contributed by atoms with E-state index in [0.717, 1.165) is 16.7 Å². The van der Waals surface area contributed by atoms with Crippen molar-refractivity contribution < 1.29 is 23.8 Å². The van der Waals surface area contributed by atoms with Crippen molar-refractivity contribution in [2.45, 2.75) is 65.0 Å². The molecule has 0 bridgehead atoms. The van der Waals surface area contributed by atoms with E-state index in [4.69, 9.17) is 14.2 Å². The Morgan fingerprint density at radius 2 is 1.64 bits per heavy atom. The van der Waals surface area contributed by atoms with Crippen molar-refractivity contribution in [3.8, 4) is 0 Å². The summed E-state index contributed by atoms with van der Waals surface area (Å²) in [6.07, 6.45) is -0.683. The summed E-state index contributed by atoms with van der Waals surface area (Å²) in [5, 5.41) is 0. The minimum Gasteiger partial charge on any atom is -0.445 e. The van der Waals surface area contributed by atoms with Gasteiger partial charge in [-0.2, -0.15) is 0 Å². The van der Waals surface area contributed by atoms with Gasteiger partial charge in [0, 0.05) is 13.1 Å². The van der Waals surface area contributed by atoms with Crippen LogP contribution in [0.1, 0.15) is 45.2 Å². The van der Waals surface area contributed by atoms with Crippen molar-refractivity contribution in [1.82, 2.24) is 9.80 Å². The van der Waals surface area contributed by atoms with Crippen LogP contribution in [0.2, 0.25) is 0 Å². The number of likely N-dealkylation sites (tertiary alicyclic amines) is 1. The van der Waals surface area contributed by atoms with E-state index in [0.29, 0.717) is 32.7 Å². The Morgan fingerprint density at radius 1 is 1.03 bits per heavy atom. The van der Waals surface area contributed by atoms with Gasteiger partial charge in [-0.25, -0.2) is 9.59 Å². The Labute approximate surface area is 214 Å². The van der Waals surface area contributed by atoms with Gasteiger partial charge in [0.15, 0.2) is 0 Å². The second-order valence-electron chi connectivity index (χ2n) is 10.2. The maximum Gasteiger partial charge on any atom is 0.410 e. The van der Waals surface area contributed by atoms with Gasteiger partial charge in [-0.15, -0.1) is 0 Å². The van der Waals surface area contributed by atoms with Gasteiger partial charge in [-0.1, -0.05) is 72.8 Å². The summed E-state index contributed by atoms with van der Waals surface area (Å²) in [6, 6.07) is 19.1. The van der Waals surface area contributed by atoms with E-state index in [1.165, 1.54) is 0 Å². The molecule has 194 valence electrons. The Bertz CT molecular complexity index is 1000. The predicted octanol–water partition coefficient (Wildman–Crippen LogP) is 5.80. The van der Waals surface area contributed by atoms with E-state index < -0.39 is 17.8 Å². The van der Waals surface area contributed by atoms with Gasteiger partial charge in [-0.05, 0) is 45.2 Å². The minimum absolute atomic E-state index is 0.180. The Hall–Kier alpha value is -3.32. The van der Waals surface area contributed by atoms with Crippen LogP contribution < -0.4 is 0 Å². The van der Waals surface area contributed by atoms with Crippen LogP contribution in [0.5, 0.6) is 0 Å². The van der Waals surface area contributed by atoms with Crippen molar-refractivity contribution >= 4 is 12.2 Å². The number of hydrogen-bond donors (Lipinski definition) is 0. The largest absolute Gasteiger partial charge is 0.445 e. The minimum atomic E-state index is -0.595. The molecule has 1 heterocycles. The van der Waals surface area contributed by atoms with Gasteiger partial charge < -0.3 is 19.1 Å². The van der Waals surface area contributed by atoms with Crippen molar-refractivity contribution in [2.75, 3.05) is 19.7 Å². The van der Waals surface area contributed by atoms with Gasteiger partial charge in [0.25, 0.3) is 0 Å². The van der Waals surface area contributed by atoms with E-state index in [1.54, 1.807) is 9.80 Å². The Balaban J connectivity index is 1.81. The molecule has 0 aliphatic carbocycles. The van der Waals surface area contributed by atoms with E-state index >= 15 is 0 Å². The number of piperidine rings is 1. The van der Waals surface area contributed by atoms with Crippen LogP contribution in [0.25, 0.3) is 0 Å². The van der Waals surface area contributed by atoms with Gasteiger partial charge in [-0.3, -0.25) is 4.90 Å². The predicted molar refractivity (Wildman–Crippen MR) is 139 cm³/mol. The molecule has 1 aliphatic rings. The molecular weight excluding hydrogens is 456 g/mol. The Morgan fingerprint density at radius 3 is 2.22 bits per heavy atom. The Kier molecular flexibility index (Phi) is 9.53. The summed E-state index contributed by atoms with van der Waals surface area (Å²) < 4.78 is 17.5. The molecule has 0 radical (unpaired) electrons. The molecule has 0 saturated carbocycles. The average Bonchev–Trinajstić information content (AvgIpc) is 2.84. The van der Waals surface area contributed by atoms with Crippen molar-refractivity contribution in [3.63, 3.8) is 0 Å². The molecule has 3 rings (SSSR count). The summed E-state index contributed by atoms with van der Waals surface area (Å²) in [7, 11) is 0. The molecule has 1 fully saturated rings. The summed E-state index contributed by atoms with van der Waals surface area (Å²) in [6.45, 7) is 13.0. The first kappa shape index (κ1) is 27.3. The molecule has 2 aromatic carbocycles. The van der Waals surface area contributed by atoms with Crippen LogP contribution in [0.15, 0.2) is 72.8 Å². The van der Waals surface area contributed by atoms with Crippen LogP contribution in [0, 0.1) is 0 Å². The lowest BCUT2D eigenvalue weighted by Crippen LogP contribution is -2.58. The van der Waals surface area contributed by atoms with Crippen molar-refractivity contribution in [2.24, 2.45) is 0 Å². The highest BCUT2D eigenvalue weighted by molar-refractivity contribution is 5.69. The van der Waals surface area contributed by atoms with E-state index in [-0.39, 0.29) is 18.7 Å². The lowest BCUT2D eigenvalue weighted by molar-refractivity contribution is -0.0569. The maximum atomic E-state index is 13.4. The van der Waals surface area contributed by atoms with Crippen LogP contribution in [-0.4, -0.2) is 59.4 Å². The molecule has 0 N–H and O–H groups in total. The maximum absolute atomic E-state index is 13.4. The molecule has 0 spiro atoms. The number of rotatable bonds is 8. The molecule has 2 atom stereocenters. The highest BCUT2D eigenvalue weighted by atomic mass is 16.6. The SMILES string of the molecule is C=C(C)CO[C@H]1CN(C(=O)OC(C)(C)C)CC[C@H]1N(Cc1ccccc1)C(=O)OCc1ccccc1. The molecule has 0 unspecified atom stereocenters. The van der Waals surface area contributed by atoms with Gasteiger partial charge in [0.2, 0.25) is 0 Å². The molecule has 36 heavy (non-hydrogen) atoms. The fraction of sp³-hybridized carbons (Fsp3) is 0.448. The van der Waals surface area contributed by atoms with Crippen LogP contribution in [0.4, 0.5) is 9.59 Å². The normalized spacial score (nSPS) is 17.8. The first-order valence-electron chi connectivity index (χ1n) is 12.4. The highest BCUT2D eigenvalue weighted by Crippen LogP contribution is 2.25. The standard InChI is InChI=1S/C29H38N2O5/c1-22(2)20-34-26-19-30(27(32)36-29(3,4)5)17-16-25(26)31(18-23-12-8-6-9-13-23)28(33)35-21-24-14-10-7-11-15-24/h6-15,25-26H,1,16-21H2,2-5H3/t25-,26+/m1/s1. The summed E-state index contributed by atoms with van der Waals surface area (Å²) in [5.41, 5.74) is 2.18. The van der Waals surface area contributed by atoms with E-state index in [9.17, 15) is 9.59 Å². The van der Waals surface area contributed by atoms with Crippen LogP contribution in [-0.2, 0) is 27.4 Å². The number of amides is 2. The summed E-state index contributed by atoms with van der Waals surface area (Å²) in [5.74, 6) is 0. The molecule has 0 aromatic heterocycles. The monoisotopic (exact) mass is 494 g/mol. The first-order chi connectivity index (χ1) is 17.1. The van der Waals surface area contributed by atoms with Crippen LogP contribution in [0.3, 0.4) is 0 Å². The molecule has 1 saturated heterocycles. The molecule has 1 aliphatic heterocycles. The van der Waals surface area contributed by atoms with Crippen molar-refractivity contribution in [3.05, 3.63) is 83.9 Å². The number of hydrogen-bond acceptors (Lipinski definition) is 5. The third-order valence-electron chi connectivity index (χ3n) is 5.76. The quantitative estimate of drug-likeness (QED) is 0.434. The second kappa shape index (κ2) is 12.6. The van der Waals surface area contributed by atoms with Gasteiger partial charge in [0.05, 0.1) is 25.3 Å². The average molecular weight is 495 g/mol. The zero-order valence-electron chi connectivity index (χ0n) is 21.8. The number of ether oxygens (including phenoxy) is 3. The third-order valence-corrected chi connectivity index (χ3v) is 5.76. The highest BCUT2D eigenvalue weighted by Gasteiger charge is 2.39. The molecule has 7 heteroatoms. The fourth-order valence-electron chi connectivity index (χ4n) is 4.07. The molecule has 7 nitrogen and oxygen atoms in total. The van der Waals surface area contributed by atoms with Gasteiger partial charge in [0.1, 0.15) is 12.2 Å². The lowest BCUT2D eigenvalue weighted by Gasteiger charge is -2.43. The zero-order chi connectivity index (χ0) is 26.1. The third kappa shape index (κ3) is 8.41. The summed E-state index contributed by atoms with van der Waals surface area (Å²) in [4.78, 5) is 29.6. The van der Waals surface area contributed by atoms with E-state index in [1.807, 2.05) is 88.4 Å².